The summed E-state index contributed by atoms with van der Waals surface area (Å²) in [7, 11) is 0. The van der Waals surface area contributed by atoms with E-state index in [4.69, 9.17) is 9.84 Å². The Morgan fingerprint density at radius 1 is 1.29 bits per heavy atom. The Hall–Kier alpha value is -2.64. The van der Waals surface area contributed by atoms with Gasteiger partial charge >= 0.3 is 12.0 Å². The number of nitrogens with one attached hydrogen (secondary N) is 2. The zero-order chi connectivity index (χ0) is 16.0. The van der Waals surface area contributed by atoms with E-state index in [1.807, 2.05) is 0 Å². The number of urea groups is 1. The van der Waals surface area contributed by atoms with Gasteiger partial charge in [-0.15, -0.1) is 0 Å². The van der Waals surface area contributed by atoms with Crippen LogP contribution in [-0.2, 0) is 4.79 Å². The highest BCUT2D eigenvalue weighted by Crippen LogP contribution is 2.10. The van der Waals surface area contributed by atoms with Gasteiger partial charge in [0, 0.05) is 11.7 Å². The molecule has 0 spiro atoms. The Morgan fingerprint density at radius 3 is 2.52 bits per heavy atom. The highest BCUT2D eigenvalue weighted by molar-refractivity contribution is 5.95. The first-order chi connectivity index (χ1) is 9.67. The largest absolute Gasteiger partial charge is 0.482 e. The number of amides is 3. The van der Waals surface area contributed by atoms with Crippen molar-refractivity contribution < 1.29 is 24.2 Å². The number of ether oxygens (including phenoxy) is 1. The van der Waals surface area contributed by atoms with Crippen LogP contribution in [0.25, 0.3) is 0 Å². The normalized spacial score (nSPS) is 10.6. The first-order valence-corrected chi connectivity index (χ1v) is 6.10. The number of carbonyl (C=O) groups is 3. The average Bonchev–Trinajstić information content (AvgIpc) is 2.34. The quantitative estimate of drug-likeness (QED) is 0.755. The van der Waals surface area contributed by atoms with Crippen LogP contribution in [0.2, 0.25) is 0 Å². The fourth-order valence-corrected chi connectivity index (χ4v) is 1.30. The molecular formula is C13H17N3O5. The minimum atomic E-state index is -1.15. The highest BCUT2D eigenvalue weighted by Gasteiger charge is 2.16. The number of aromatic nitrogens is 1. The fourth-order valence-electron chi connectivity index (χ4n) is 1.30. The van der Waals surface area contributed by atoms with Gasteiger partial charge in [-0.25, -0.2) is 9.59 Å². The monoisotopic (exact) mass is 295 g/mol. The van der Waals surface area contributed by atoms with Gasteiger partial charge < -0.3 is 15.2 Å². The molecule has 0 aliphatic rings. The molecule has 1 aromatic rings. The number of hydrogen-bond acceptors (Lipinski definition) is 5. The molecule has 0 unspecified atom stereocenters. The lowest BCUT2D eigenvalue weighted by Crippen LogP contribution is -2.49. The predicted molar refractivity (Wildman–Crippen MR) is 73.1 cm³/mol. The van der Waals surface area contributed by atoms with Crippen molar-refractivity contribution in [3.63, 3.8) is 0 Å². The van der Waals surface area contributed by atoms with E-state index in [0.717, 1.165) is 6.20 Å². The summed E-state index contributed by atoms with van der Waals surface area (Å²) < 4.78 is 5.07. The SMILES string of the molecule is CC(C)(C)NC(=O)NC(=O)COc1cncc(C(=O)O)c1. The molecule has 8 heteroatoms. The summed E-state index contributed by atoms with van der Waals surface area (Å²) in [4.78, 5) is 37.4. The number of nitrogens with zero attached hydrogens (tertiary/aromatic N) is 1. The van der Waals surface area contributed by atoms with Crippen molar-refractivity contribution in [2.24, 2.45) is 0 Å². The maximum Gasteiger partial charge on any atom is 0.337 e. The van der Waals surface area contributed by atoms with E-state index in [1.54, 1.807) is 20.8 Å². The second-order valence-corrected chi connectivity index (χ2v) is 5.26. The van der Waals surface area contributed by atoms with Crippen LogP contribution in [0.3, 0.4) is 0 Å². The van der Waals surface area contributed by atoms with E-state index in [1.165, 1.54) is 12.3 Å². The third kappa shape index (κ3) is 6.37. The van der Waals surface area contributed by atoms with Crippen molar-refractivity contribution in [1.29, 1.82) is 0 Å². The van der Waals surface area contributed by atoms with Gasteiger partial charge in [0.1, 0.15) is 5.75 Å². The van der Waals surface area contributed by atoms with Gasteiger partial charge in [0.15, 0.2) is 6.61 Å². The molecule has 0 atom stereocenters. The summed E-state index contributed by atoms with van der Waals surface area (Å²) in [5.41, 5.74) is -0.524. The minimum absolute atomic E-state index is 0.0571. The van der Waals surface area contributed by atoms with Crippen LogP contribution in [0.1, 0.15) is 31.1 Å². The summed E-state index contributed by atoms with van der Waals surface area (Å²) in [6, 6.07) is 0.603. The number of pyridine rings is 1. The Labute approximate surface area is 121 Å². The van der Waals surface area contributed by atoms with Gasteiger partial charge in [0.2, 0.25) is 0 Å². The zero-order valence-electron chi connectivity index (χ0n) is 12.0. The number of aromatic carboxylic acids is 1. The first kappa shape index (κ1) is 16.4. The number of carbonyl (C=O) groups excluding carboxylic acids is 2. The third-order valence-corrected chi connectivity index (χ3v) is 2.07. The molecule has 0 bridgehead atoms. The van der Waals surface area contributed by atoms with Gasteiger partial charge in [-0.05, 0) is 26.8 Å². The van der Waals surface area contributed by atoms with E-state index in [2.05, 4.69) is 15.6 Å². The average molecular weight is 295 g/mol. The molecule has 1 aromatic heterocycles. The minimum Gasteiger partial charge on any atom is -0.482 e. The van der Waals surface area contributed by atoms with Gasteiger partial charge in [-0.3, -0.25) is 15.1 Å². The maximum absolute atomic E-state index is 11.5. The van der Waals surface area contributed by atoms with E-state index < -0.39 is 30.1 Å². The Morgan fingerprint density at radius 2 is 1.95 bits per heavy atom. The van der Waals surface area contributed by atoms with Crippen LogP contribution >= 0.6 is 0 Å². The van der Waals surface area contributed by atoms with Gasteiger partial charge in [0.05, 0.1) is 11.8 Å². The van der Waals surface area contributed by atoms with Gasteiger partial charge in [-0.2, -0.15) is 0 Å². The summed E-state index contributed by atoms with van der Waals surface area (Å²) >= 11 is 0. The lowest BCUT2D eigenvalue weighted by Gasteiger charge is -2.20. The Balaban J connectivity index is 2.48. The van der Waals surface area contributed by atoms with Crippen LogP contribution in [0.5, 0.6) is 5.75 Å². The van der Waals surface area contributed by atoms with E-state index in [-0.39, 0.29) is 11.3 Å². The van der Waals surface area contributed by atoms with Crippen molar-refractivity contribution in [3.05, 3.63) is 24.0 Å². The second-order valence-electron chi connectivity index (χ2n) is 5.26. The van der Waals surface area contributed by atoms with Gasteiger partial charge in [0.25, 0.3) is 5.91 Å². The predicted octanol–water partition coefficient (Wildman–Crippen LogP) is 0.783. The molecule has 21 heavy (non-hydrogen) atoms. The number of rotatable bonds is 4. The molecule has 3 N–H and O–H groups in total. The van der Waals surface area contributed by atoms with Crippen LogP contribution in [0.4, 0.5) is 4.79 Å². The van der Waals surface area contributed by atoms with Crippen LogP contribution in [0.15, 0.2) is 18.5 Å². The third-order valence-electron chi connectivity index (χ3n) is 2.07. The number of carboxylic acid groups (broad SMARTS) is 1. The van der Waals surface area contributed by atoms with E-state index in [9.17, 15) is 14.4 Å². The molecule has 1 rings (SSSR count). The topological polar surface area (TPSA) is 118 Å². The molecule has 0 aliphatic carbocycles. The summed E-state index contributed by atoms with van der Waals surface area (Å²) in [5, 5.41) is 13.4. The molecule has 8 nitrogen and oxygen atoms in total. The smallest absolute Gasteiger partial charge is 0.337 e. The number of imide groups is 1. The van der Waals surface area contributed by atoms with Crippen molar-refractivity contribution in [1.82, 2.24) is 15.6 Å². The molecule has 0 saturated heterocycles. The van der Waals surface area contributed by atoms with Gasteiger partial charge in [-0.1, -0.05) is 0 Å². The van der Waals surface area contributed by atoms with E-state index in [0.29, 0.717) is 0 Å². The number of carboxylic acids is 1. The fraction of sp³-hybridized carbons (Fsp3) is 0.385. The van der Waals surface area contributed by atoms with Crippen molar-refractivity contribution >= 4 is 17.9 Å². The van der Waals surface area contributed by atoms with Crippen LogP contribution in [0, 0.1) is 0 Å². The summed E-state index contributed by atoms with van der Waals surface area (Å²) in [6.07, 6.45) is 2.43. The van der Waals surface area contributed by atoms with Crippen LogP contribution < -0.4 is 15.4 Å². The zero-order valence-corrected chi connectivity index (χ0v) is 12.0. The highest BCUT2D eigenvalue weighted by atomic mass is 16.5. The molecule has 0 saturated carbocycles. The molecular weight excluding hydrogens is 278 g/mol. The summed E-state index contributed by atoms with van der Waals surface area (Å²) in [6.45, 7) is 4.90. The first-order valence-electron chi connectivity index (χ1n) is 6.10. The van der Waals surface area contributed by atoms with Crippen molar-refractivity contribution in [2.75, 3.05) is 6.61 Å². The maximum atomic E-state index is 11.5. The summed E-state index contributed by atoms with van der Waals surface area (Å²) in [5.74, 6) is -1.68. The number of hydrogen-bond donors (Lipinski definition) is 3. The lowest BCUT2D eigenvalue weighted by molar-refractivity contribution is -0.122. The van der Waals surface area contributed by atoms with Crippen LogP contribution in [-0.4, -0.2) is 40.1 Å². The Bertz CT molecular complexity index is 551. The standard InChI is InChI=1S/C13H17N3O5/c1-13(2,3)16-12(20)15-10(17)7-21-9-4-8(11(18)19)5-14-6-9/h4-6H,7H2,1-3H3,(H,18,19)(H2,15,16,17,20). The molecule has 3 amide bonds. The van der Waals surface area contributed by atoms with E-state index >= 15 is 0 Å². The second kappa shape index (κ2) is 6.69. The van der Waals surface area contributed by atoms with Crippen molar-refractivity contribution in [3.8, 4) is 5.75 Å². The molecule has 0 fully saturated rings. The molecule has 0 aromatic carbocycles. The molecule has 0 aliphatic heterocycles. The molecule has 0 radical (unpaired) electrons. The molecule has 114 valence electrons. The lowest BCUT2D eigenvalue weighted by atomic mass is 10.1. The van der Waals surface area contributed by atoms with Crippen molar-refractivity contribution in [2.45, 2.75) is 26.3 Å². The Kier molecular flexibility index (Phi) is 5.23. The molecule has 1 heterocycles.